The van der Waals surface area contributed by atoms with Gasteiger partial charge in [0.1, 0.15) is 16.8 Å². The number of allylic oxidation sites excluding steroid dienone is 1. The minimum absolute atomic E-state index is 0.634. The van der Waals surface area contributed by atoms with Crippen LogP contribution in [-0.4, -0.2) is 24.3 Å². The Morgan fingerprint density at radius 1 is 1.50 bits per heavy atom. The van der Waals surface area contributed by atoms with E-state index in [0.29, 0.717) is 17.5 Å². The van der Waals surface area contributed by atoms with Crippen molar-refractivity contribution in [3.8, 4) is 0 Å². The van der Waals surface area contributed by atoms with Crippen LogP contribution in [0.5, 0.6) is 0 Å². The van der Waals surface area contributed by atoms with Gasteiger partial charge >= 0.3 is 0 Å². The van der Waals surface area contributed by atoms with Crippen LogP contribution in [-0.2, 0) is 19.3 Å². The molecule has 0 saturated heterocycles. The Balaban J connectivity index is 2.10. The van der Waals surface area contributed by atoms with Crippen LogP contribution >= 0.6 is 23.4 Å². The Bertz CT molecular complexity index is 560. The fourth-order valence-electron chi connectivity index (χ4n) is 1.50. The summed E-state index contributed by atoms with van der Waals surface area (Å²) in [6.45, 7) is 6.37. The number of imidazole rings is 1. The molecule has 0 saturated carbocycles. The lowest BCUT2D eigenvalue weighted by molar-refractivity contribution is 0.702. The molecule has 0 aliphatic rings. The van der Waals surface area contributed by atoms with Crippen LogP contribution in [0, 0.1) is 6.92 Å². The van der Waals surface area contributed by atoms with E-state index in [1.165, 1.54) is 0 Å². The van der Waals surface area contributed by atoms with Gasteiger partial charge in [-0.25, -0.2) is 4.98 Å². The molecule has 0 atom stereocenters. The molecule has 0 amide bonds. The Morgan fingerprint density at radius 3 is 2.89 bits per heavy atom. The third-order valence-corrected chi connectivity index (χ3v) is 3.89. The number of nitrogens with zero attached hydrogens (tertiary/aromatic N) is 5. The van der Waals surface area contributed by atoms with Gasteiger partial charge in [0.15, 0.2) is 5.16 Å². The van der Waals surface area contributed by atoms with Gasteiger partial charge in [-0.15, -0.1) is 16.8 Å². The molecular formula is C11H14ClN5S. The molecule has 2 rings (SSSR count). The van der Waals surface area contributed by atoms with E-state index < -0.39 is 0 Å². The number of thioether (sulfide) groups is 1. The molecule has 2 heterocycles. The molecule has 2 aromatic heterocycles. The summed E-state index contributed by atoms with van der Waals surface area (Å²) >= 11 is 7.53. The third kappa shape index (κ3) is 2.59. The zero-order valence-electron chi connectivity index (χ0n) is 10.3. The molecule has 18 heavy (non-hydrogen) atoms. The van der Waals surface area contributed by atoms with Crippen LogP contribution in [0.1, 0.15) is 11.6 Å². The number of aryl methyl sites for hydroxylation is 1. The van der Waals surface area contributed by atoms with Crippen LogP contribution in [0.4, 0.5) is 0 Å². The van der Waals surface area contributed by atoms with E-state index in [-0.39, 0.29) is 0 Å². The molecule has 0 spiro atoms. The maximum absolute atomic E-state index is 5.94. The SMILES string of the molecule is C=CCn1c(C)nnc1SCc1ncc(Cl)n1C. The molecule has 96 valence electrons. The predicted molar refractivity (Wildman–Crippen MR) is 72.7 cm³/mol. The molecule has 0 aromatic carbocycles. The molecule has 0 fully saturated rings. The minimum atomic E-state index is 0.634. The molecule has 0 bridgehead atoms. The van der Waals surface area contributed by atoms with Gasteiger partial charge in [-0.1, -0.05) is 29.4 Å². The van der Waals surface area contributed by atoms with Crippen molar-refractivity contribution < 1.29 is 0 Å². The second-order valence-corrected chi connectivity index (χ2v) is 5.10. The second-order valence-electron chi connectivity index (χ2n) is 3.77. The summed E-state index contributed by atoms with van der Waals surface area (Å²) in [4.78, 5) is 4.25. The van der Waals surface area contributed by atoms with Gasteiger partial charge in [0.25, 0.3) is 0 Å². The zero-order valence-corrected chi connectivity index (χ0v) is 11.9. The van der Waals surface area contributed by atoms with Gasteiger partial charge < -0.3 is 9.13 Å². The first-order valence-electron chi connectivity index (χ1n) is 5.43. The number of hydrogen-bond donors (Lipinski definition) is 0. The average Bonchev–Trinajstić information content (AvgIpc) is 2.85. The lowest BCUT2D eigenvalue weighted by Crippen LogP contribution is -2.01. The summed E-state index contributed by atoms with van der Waals surface area (Å²) in [5, 5.41) is 9.71. The maximum Gasteiger partial charge on any atom is 0.191 e. The van der Waals surface area contributed by atoms with Crippen LogP contribution in [0.3, 0.4) is 0 Å². The highest BCUT2D eigenvalue weighted by molar-refractivity contribution is 7.98. The van der Waals surface area contributed by atoms with Crippen molar-refractivity contribution in [1.29, 1.82) is 0 Å². The van der Waals surface area contributed by atoms with Crippen molar-refractivity contribution in [3.05, 3.63) is 35.7 Å². The van der Waals surface area contributed by atoms with E-state index >= 15 is 0 Å². The zero-order chi connectivity index (χ0) is 13.1. The fraction of sp³-hybridized carbons (Fsp3) is 0.364. The van der Waals surface area contributed by atoms with Gasteiger partial charge in [-0.3, -0.25) is 0 Å². The molecule has 7 heteroatoms. The first kappa shape index (κ1) is 13.2. The summed E-state index contributed by atoms with van der Waals surface area (Å²) in [6, 6.07) is 0. The number of hydrogen-bond acceptors (Lipinski definition) is 4. The van der Waals surface area contributed by atoms with Crippen molar-refractivity contribution in [1.82, 2.24) is 24.3 Å². The van der Waals surface area contributed by atoms with E-state index in [1.54, 1.807) is 18.0 Å². The van der Waals surface area contributed by atoms with Gasteiger partial charge in [0.05, 0.1) is 11.9 Å². The van der Waals surface area contributed by atoms with Crippen LogP contribution < -0.4 is 0 Å². The minimum Gasteiger partial charge on any atom is -0.322 e. The smallest absolute Gasteiger partial charge is 0.191 e. The Morgan fingerprint density at radius 2 is 2.28 bits per heavy atom. The van der Waals surface area contributed by atoms with Crippen molar-refractivity contribution in [2.75, 3.05) is 0 Å². The summed E-state index contributed by atoms with van der Waals surface area (Å²) in [7, 11) is 1.89. The second kappa shape index (κ2) is 5.58. The highest BCUT2D eigenvalue weighted by Gasteiger charge is 2.11. The Hall–Kier alpha value is -1.27. The summed E-state index contributed by atoms with van der Waals surface area (Å²) < 4.78 is 3.87. The quantitative estimate of drug-likeness (QED) is 0.625. The molecule has 0 aliphatic heterocycles. The number of aromatic nitrogens is 5. The van der Waals surface area contributed by atoms with E-state index in [2.05, 4.69) is 21.8 Å². The van der Waals surface area contributed by atoms with E-state index in [1.807, 2.05) is 29.2 Å². The molecule has 0 aliphatic carbocycles. The van der Waals surface area contributed by atoms with E-state index in [4.69, 9.17) is 11.6 Å². The van der Waals surface area contributed by atoms with Crippen LogP contribution in [0.25, 0.3) is 0 Å². The Kier molecular flexibility index (Phi) is 4.08. The first-order chi connectivity index (χ1) is 8.63. The molecular weight excluding hydrogens is 270 g/mol. The predicted octanol–water partition coefficient (Wildman–Crippen LogP) is 2.45. The van der Waals surface area contributed by atoms with Crippen molar-refractivity contribution in [2.45, 2.75) is 24.4 Å². The highest BCUT2D eigenvalue weighted by Crippen LogP contribution is 2.22. The molecule has 0 N–H and O–H groups in total. The van der Waals surface area contributed by atoms with Crippen LogP contribution in [0.15, 0.2) is 24.0 Å². The first-order valence-corrected chi connectivity index (χ1v) is 6.79. The maximum atomic E-state index is 5.94. The lowest BCUT2D eigenvalue weighted by atomic mass is 10.6. The standard InChI is InChI=1S/C11H14ClN5S/c1-4-5-17-8(2)14-15-11(17)18-7-10-13-6-9(12)16(10)3/h4,6H,1,5,7H2,2-3H3. The average molecular weight is 284 g/mol. The fourth-order valence-corrected chi connectivity index (χ4v) is 2.63. The topological polar surface area (TPSA) is 48.5 Å². The highest BCUT2D eigenvalue weighted by atomic mass is 35.5. The van der Waals surface area contributed by atoms with Crippen LogP contribution in [0.2, 0.25) is 5.15 Å². The molecule has 0 radical (unpaired) electrons. The summed E-state index contributed by atoms with van der Waals surface area (Å²) in [5.74, 6) is 2.50. The van der Waals surface area contributed by atoms with Gasteiger partial charge in [0.2, 0.25) is 0 Å². The van der Waals surface area contributed by atoms with E-state index in [0.717, 1.165) is 16.8 Å². The van der Waals surface area contributed by atoms with Crippen molar-refractivity contribution >= 4 is 23.4 Å². The number of rotatable bonds is 5. The normalized spacial score (nSPS) is 10.8. The largest absolute Gasteiger partial charge is 0.322 e. The molecule has 0 unspecified atom stereocenters. The summed E-state index contributed by atoms with van der Waals surface area (Å²) in [5.41, 5.74) is 0. The van der Waals surface area contributed by atoms with Gasteiger partial charge in [0, 0.05) is 13.6 Å². The Labute approximate surface area is 115 Å². The van der Waals surface area contributed by atoms with Gasteiger partial charge in [-0.2, -0.15) is 0 Å². The third-order valence-electron chi connectivity index (χ3n) is 2.57. The summed E-state index contributed by atoms with van der Waals surface area (Å²) in [6.07, 6.45) is 3.48. The molecule has 2 aromatic rings. The van der Waals surface area contributed by atoms with Crippen molar-refractivity contribution in [2.24, 2.45) is 7.05 Å². The van der Waals surface area contributed by atoms with Gasteiger partial charge in [-0.05, 0) is 6.92 Å². The van der Waals surface area contributed by atoms with Crippen molar-refractivity contribution in [3.63, 3.8) is 0 Å². The number of halogens is 1. The monoisotopic (exact) mass is 283 g/mol. The van der Waals surface area contributed by atoms with E-state index in [9.17, 15) is 0 Å². The lowest BCUT2D eigenvalue weighted by Gasteiger charge is -2.05. The molecule has 5 nitrogen and oxygen atoms in total.